The number of carbonyl (C=O) groups is 2. The fourth-order valence-electron chi connectivity index (χ4n) is 11.3. The fourth-order valence-corrected chi connectivity index (χ4v) is 11.3. The van der Waals surface area contributed by atoms with Gasteiger partial charge in [-0.1, -0.05) is 94.5 Å². The van der Waals surface area contributed by atoms with Crippen molar-refractivity contribution in [3.8, 4) is 34.5 Å². The molecular weight excluding hydrogens is 931 g/mol. The zero-order chi connectivity index (χ0) is 51.6. The normalized spacial score (nSPS) is 21.8. The monoisotopic (exact) mass is 1010 g/mol. The summed E-state index contributed by atoms with van der Waals surface area (Å²) in [5, 5.41) is 27.8. The largest absolute Gasteiger partial charge is 0.497 e. The number of ether oxygens (including phenoxy) is 7. The summed E-state index contributed by atoms with van der Waals surface area (Å²) < 4.78 is 43.2. The Labute approximate surface area is 432 Å². The van der Waals surface area contributed by atoms with Crippen molar-refractivity contribution in [3.05, 3.63) is 90.0 Å². The van der Waals surface area contributed by atoms with Crippen LogP contribution in [0, 0.1) is 17.8 Å². The minimum Gasteiger partial charge on any atom is -0.497 e. The standard InChI is InChI=1S/C58H79N3O12/c1-6-9-10-11-12-13-14-15-16-23-54(64)61(38-40-24-28-50-52(33-40)69-39-68-50)53-37-48(60-71-8-3)45-34-41(21-17-19-30-62)44(22-18-20-31-63)55-46-35-43(26-29-49(46)73-58(53,56(45)55)70-32-7-2)72-57(65)59-47-27-25-42(66-4)36-51(47)67-5/h7,24-29,33-36,41,44,53,55-56,62-63H,2,6,8-23,30-32,37-39H2,1,3-5H3,(H,59,65)/t41-,44+,53-,55+,56+,58+/m0/s1. The molecule has 2 aliphatic heterocycles. The van der Waals surface area contributed by atoms with Gasteiger partial charge in [-0.25, -0.2) is 4.79 Å². The SMILES string of the molecule is C=CCO[C@@]12Oc3ccc(OC(=O)Nc4ccc(OC)cc4OC)cc3[C@H]3[C@H](CCCCO)[C@@H](CCCCO)C=C(C(=NOCC)C[C@@H]1N(Cc1ccc4c(c1)OCO4)C(=O)CCCCCCCCCCC)[C@H]32. The van der Waals surface area contributed by atoms with Crippen molar-refractivity contribution in [1.82, 2.24) is 4.90 Å². The first-order valence-corrected chi connectivity index (χ1v) is 26.8. The third-order valence-corrected chi connectivity index (χ3v) is 14.8. The van der Waals surface area contributed by atoms with E-state index in [4.69, 9.17) is 43.2 Å². The molecule has 0 radical (unpaired) electrons. The predicted molar refractivity (Wildman–Crippen MR) is 281 cm³/mol. The molecule has 2 heterocycles. The molecular formula is C58H79N3O12. The van der Waals surface area contributed by atoms with Crippen molar-refractivity contribution in [3.63, 3.8) is 0 Å². The zero-order valence-electron chi connectivity index (χ0n) is 43.6. The van der Waals surface area contributed by atoms with E-state index in [-0.39, 0.29) is 63.2 Å². The molecule has 6 atom stereocenters. The summed E-state index contributed by atoms with van der Waals surface area (Å²) in [6.07, 6.45) is 18.4. The highest BCUT2D eigenvalue weighted by atomic mass is 16.7. The first-order valence-electron chi connectivity index (χ1n) is 26.8. The number of methoxy groups -OCH3 is 2. The summed E-state index contributed by atoms with van der Waals surface area (Å²) in [4.78, 5) is 37.0. The summed E-state index contributed by atoms with van der Waals surface area (Å²) in [6.45, 7) is 9.17. The Balaban J connectivity index is 1.34. The highest BCUT2D eigenvalue weighted by molar-refractivity contribution is 6.03. The second-order valence-corrected chi connectivity index (χ2v) is 19.6. The number of amides is 2. The molecule has 0 saturated heterocycles. The molecule has 0 unspecified atom stereocenters. The van der Waals surface area contributed by atoms with Gasteiger partial charge in [-0.2, -0.15) is 0 Å². The zero-order valence-corrected chi connectivity index (χ0v) is 43.6. The number of hydrogen-bond acceptors (Lipinski definition) is 13. The van der Waals surface area contributed by atoms with Gasteiger partial charge in [0.25, 0.3) is 0 Å². The van der Waals surface area contributed by atoms with E-state index < -0.39 is 23.8 Å². The minimum atomic E-state index is -1.47. The van der Waals surface area contributed by atoms with E-state index >= 15 is 4.79 Å². The highest BCUT2D eigenvalue weighted by Crippen LogP contribution is 2.62. The lowest BCUT2D eigenvalue weighted by molar-refractivity contribution is -0.258. The summed E-state index contributed by atoms with van der Waals surface area (Å²) in [6, 6.07) is 15.6. The maximum atomic E-state index is 15.3. The van der Waals surface area contributed by atoms with Crippen LogP contribution in [0.15, 0.2) is 84.1 Å². The van der Waals surface area contributed by atoms with Gasteiger partial charge in [-0.15, -0.1) is 6.58 Å². The quantitative estimate of drug-likeness (QED) is 0.0328. The van der Waals surface area contributed by atoms with Crippen molar-refractivity contribution >= 4 is 23.4 Å². The summed E-state index contributed by atoms with van der Waals surface area (Å²) in [5.74, 6) is 0.707. The maximum absolute atomic E-state index is 15.3. The van der Waals surface area contributed by atoms with Crippen molar-refractivity contribution in [1.29, 1.82) is 0 Å². The lowest BCUT2D eigenvalue weighted by atomic mass is 9.55. The predicted octanol–water partition coefficient (Wildman–Crippen LogP) is 11.6. The Morgan fingerprint density at radius 3 is 2.29 bits per heavy atom. The number of carbonyl (C=O) groups excluding carboxylic acids is 2. The Morgan fingerprint density at radius 1 is 0.836 bits per heavy atom. The molecule has 73 heavy (non-hydrogen) atoms. The van der Waals surface area contributed by atoms with Gasteiger partial charge in [0, 0.05) is 50.1 Å². The van der Waals surface area contributed by atoms with Crippen LogP contribution >= 0.6 is 0 Å². The second-order valence-electron chi connectivity index (χ2n) is 19.6. The Morgan fingerprint density at radius 2 is 1.56 bits per heavy atom. The van der Waals surface area contributed by atoms with Crippen LogP contribution in [0.2, 0.25) is 0 Å². The van der Waals surface area contributed by atoms with Crippen LogP contribution in [0.1, 0.15) is 140 Å². The van der Waals surface area contributed by atoms with Crippen molar-refractivity contribution < 1.29 is 57.8 Å². The number of benzene rings is 3. The number of hydrogen-bond donors (Lipinski definition) is 3. The number of nitrogens with zero attached hydrogens (tertiary/aromatic N) is 2. The number of anilines is 1. The van der Waals surface area contributed by atoms with Gasteiger partial charge in [-0.05, 0) is 104 Å². The van der Waals surface area contributed by atoms with E-state index in [1.54, 1.807) is 37.5 Å². The van der Waals surface area contributed by atoms with Gasteiger partial charge in [0.1, 0.15) is 35.6 Å². The molecule has 3 N–H and O–H groups in total. The van der Waals surface area contributed by atoms with Crippen LogP contribution in [0.4, 0.5) is 10.5 Å². The van der Waals surface area contributed by atoms with E-state index in [0.717, 1.165) is 68.1 Å². The van der Waals surface area contributed by atoms with Crippen LogP contribution < -0.4 is 33.7 Å². The molecule has 3 aromatic carbocycles. The van der Waals surface area contributed by atoms with Gasteiger partial charge >= 0.3 is 6.09 Å². The van der Waals surface area contributed by atoms with Crippen LogP contribution in [-0.4, -0.2) is 92.1 Å². The van der Waals surface area contributed by atoms with Gasteiger partial charge < -0.3 is 53.1 Å². The minimum absolute atomic E-state index is 0.0151. The third kappa shape index (κ3) is 13.5. The number of nitrogens with one attached hydrogen (secondary N) is 1. The Kier molecular flexibility index (Phi) is 20.7. The highest BCUT2D eigenvalue weighted by Gasteiger charge is 2.65. The second kappa shape index (κ2) is 27.5. The lowest BCUT2D eigenvalue weighted by Gasteiger charge is -2.60. The van der Waals surface area contributed by atoms with Crippen LogP contribution in [0.25, 0.3) is 0 Å². The molecule has 2 aliphatic carbocycles. The third-order valence-electron chi connectivity index (χ3n) is 14.8. The molecule has 4 aliphatic rings. The number of rotatable bonds is 30. The number of oxime groups is 1. The van der Waals surface area contributed by atoms with E-state index in [1.165, 1.54) is 39.2 Å². The van der Waals surface area contributed by atoms with E-state index in [2.05, 4.69) is 24.9 Å². The van der Waals surface area contributed by atoms with Crippen molar-refractivity contribution in [2.24, 2.45) is 22.9 Å². The van der Waals surface area contributed by atoms with Crippen molar-refractivity contribution in [2.75, 3.05) is 52.8 Å². The number of fused-ring (bicyclic) bond motifs is 3. The Bertz CT molecular complexity index is 2350. The van der Waals surface area contributed by atoms with Crippen molar-refractivity contribution in [2.45, 2.75) is 147 Å². The van der Waals surface area contributed by atoms with E-state index in [1.807, 2.05) is 42.2 Å². The average molecular weight is 1010 g/mol. The summed E-state index contributed by atoms with van der Waals surface area (Å²) in [5.41, 5.74) is 3.72. The molecule has 15 nitrogen and oxygen atoms in total. The molecule has 3 aromatic rings. The number of aliphatic hydroxyl groups is 2. The van der Waals surface area contributed by atoms with Crippen LogP contribution in [-0.2, 0) is 20.9 Å². The van der Waals surface area contributed by atoms with Crippen LogP contribution in [0.5, 0.6) is 34.5 Å². The number of aliphatic hydroxyl groups excluding tert-OH is 2. The molecule has 15 heteroatoms. The maximum Gasteiger partial charge on any atom is 0.417 e. The lowest BCUT2D eigenvalue weighted by Crippen LogP contribution is -2.70. The Hall–Kier alpha value is -5.77. The summed E-state index contributed by atoms with van der Waals surface area (Å²) >= 11 is 0. The van der Waals surface area contributed by atoms with Crippen LogP contribution in [0.3, 0.4) is 0 Å². The number of allylic oxidation sites excluding steroid dienone is 1. The first kappa shape index (κ1) is 55.0. The average Bonchev–Trinajstić information content (AvgIpc) is 3.88. The molecule has 0 aromatic heterocycles. The van der Waals surface area contributed by atoms with Gasteiger partial charge in [0.05, 0.1) is 38.1 Å². The molecule has 2 amide bonds. The molecule has 1 fully saturated rings. The summed E-state index contributed by atoms with van der Waals surface area (Å²) in [7, 11) is 3.07. The fraction of sp³-hybridized carbons (Fsp3) is 0.569. The van der Waals surface area contributed by atoms with E-state index in [0.29, 0.717) is 71.8 Å². The smallest absolute Gasteiger partial charge is 0.417 e. The topological polar surface area (TPSA) is 176 Å². The number of unbranched alkanes of at least 4 members (excludes halogenated alkanes) is 10. The van der Waals surface area contributed by atoms with Gasteiger partial charge in [-0.3, -0.25) is 10.1 Å². The van der Waals surface area contributed by atoms with E-state index in [9.17, 15) is 15.0 Å². The van der Waals surface area contributed by atoms with Gasteiger partial charge in [0.2, 0.25) is 18.5 Å². The molecule has 0 spiro atoms. The molecule has 0 bridgehead atoms. The molecule has 1 saturated carbocycles. The molecule has 398 valence electrons. The van der Waals surface area contributed by atoms with Gasteiger partial charge in [0.15, 0.2) is 11.5 Å². The first-order chi connectivity index (χ1) is 35.7. The molecule has 7 rings (SSSR count).